The highest BCUT2D eigenvalue weighted by Crippen LogP contribution is 2.50. The molecule has 8 nitrogen and oxygen atoms in total. The number of hydrogen-bond donors (Lipinski definition) is 1. The van der Waals surface area contributed by atoms with E-state index >= 15 is 0 Å². The van der Waals surface area contributed by atoms with E-state index in [9.17, 15) is 13.2 Å². The summed E-state index contributed by atoms with van der Waals surface area (Å²) in [6, 6.07) is 14.0. The Morgan fingerprint density at radius 1 is 0.976 bits per heavy atom. The first-order valence-corrected chi connectivity index (χ1v) is 16.4. The lowest BCUT2D eigenvalue weighted by molar-refractivity contribution is -0.00319. The van der Waals surface area contributed by atoms with E-state index in [-0.39, 0.29) is 46.7 Å². The van der Waals surface area contributed by atoms with E-state index in [0.717, 1.165) is 36.0 Å². The van der Waals surface area contributed by atoms with Crippen molar-refractivity contribution in [1.29, 1.82) is 0 Å². The fourth-order valence-corrected chi connectivity index (χ4v) is 7.65. The van der Waals surface area contributed by atoms with E-state index in [4.69, 9.17) is 4.74 Å². The van der Waals surface area contributed by atoms with Gasteiger partial charge in [-0.25, -0.2) is 18.1 Å². The summed E-state index contributed by atoms with van der Waals surface area (Å²) in [5.74, 6) is 1.19. The molecule has 0 spiro atoms. The minimum absolute atomic E-state index is 0.00388. The summed E-state index contributed by atoms with van der Waals surface area (Å²) in [4.78, 5) is 25.5. The molecule has 2 fully saturated rings. The molecule has 4 bridgehead atoms. The third-order valence-electron chi connectivity index (χ3n) is 8.83. The van der Waals surface area contributed by atoms with Gasteiger partial charge in [-0.05, 0) is 92.5 Å². The number of benzene rings is 2. The molecule has 222 valence electrons. The van der Waals surface area contributed by atoms with Gasteiger partial charge in [-0.1, -0.05) is 45.0 Å². The van der Waals surface area contributed by atoms with Crippen LogP contribution in [0, 0.1) is 31.1 Å². The third kappa shape index (κ3) is 5.76. The van der Waals surface area contributed by atoms with Crippen LogP contribution in [0.2, 0.25) is 0 Å². The summed E-state index contributed by atoms with van der Waals surface area (Å²) < 4.78 is 36.1. The van der Waals surface area contributed by atoms with Gasteiger partial charge < -0.3 is 9.64 Å². The van der Waals surface area contributed by atoms with Crippen LogP contribution in [0.15, 0.2) is 53.4 Å². The molecule has 9 heteroatoms. The summed E-state index contributed by atoms with van der Waals surface area (Å²) in [5, 5.41) is 0. The summed E-state index contributed by atoms with van der Waals surface area (Å²) >= 11 is 0. The number of aromatic nitrogens is 2. The van der Waals surface area contributed by atoms with E-state index in [2.05, 4.69) is 35.5 Å². The molecule has 0 radical (unpaired) electrons. The highest BCUT2D eigenvalue weighted by Gasteiger charge is 2.48. The molecule has 0 saturated heterocycles. The van der Waals surface area contributed by atoms with Crippen molar-refractivity contribution in [2.24, 2.45) is 17.3 Å². The standard InChI is InChI=1S/C33H40N4O4S/c1-20-8-6-9-21(2)30(20)27-17-29-35-32(34-27)36-42(39,40)25-11-7-10-23(16-25)31(38)37(24(19-41-29)18-33(3,4)5)28-15-14-26(28)22-12-13-22/h6-11,16-17,22,24,26,28H,12-15,18-19H2,1-5H3,(H,34,35,36)/t24-,26-,28-/m1/s1. The number of ether oxygens (including phenoxy) is 1. The second-order valence-electron chi connectivity index (χ2n) is 13.4. The number of carbonyl (C=O) groups is 1. The van der Waals surface area contributed by atoms with Gasteiger partial charge in [0.25, 0.3) is 15.9 Å². The van der Waals surface area contributed by atoms with Crippen molar-refractivity contribution in [3.8, 4) is 17.1 Å². The Hall–Kier alpha value is -3.46. The smallest absolute Gasteiger partial charge is 0.264 e. The van der Waals surface area contributed by atoms with Gasteiger partial charge >= 0.3 is 0 Å². The van der Waals surface area contributed by atoms with Crippen LogP contribution in [0.3, 0.4) is 0 Å². The molecular formula is C33H40N4O4S. The van der Waals surface area contributed by atoms with Gasteiger partial charge in [0.05, 0.1) is 16.6 Å². The van der Waals surface area contributed by atoms with Gasteiger partial charge in [-0.15, -0.1) is 0 Å². The largest absolute Gasteiger partial charge is 0.475 e. The van der Waals surface area contributed by atoms with Crippen molar-refractivity contribution in [1.82, 2.24) is 14.9 Å². The van der Waals surface area contributed by atoms with Crippen molar-refractivity contribution >= 4 is 21.9 Å². The number of carbonyl (C=O) groups excluding carboxylic acids is 1. The number of rotatable bonds is 4. The lowest BCUT2D eigenvalue weighted by atomic mass is 9.73. The van der Waals surface area contributed by atoms with Crippen molar-refractivity contribution in [2.75, 3.05) is 11.3 Å². The number of sulfonamides is 1. The summed E-state index contributed by atoms with van der Waals surface area (Å²) in [5.41, 5.74) is 3.79. The Bertz CT molecular complexity index is 1610. The van der Waals surface area contributed by atoms with Crippen molar-refractivity contribution in [3.05, 3.63) is 65.2 Å². The zero-order valence-corrected chi connectivity index (χ0v) is 25.9. The van der Waals surface area contributed by atoms with Crippen LogP contribution in [-0.4, -0.2) is 47.9 Å². The number of nitrogens with zero attached hydrogens (tertiary/aromatic N) is 3. The Morgan fingerprint density at radius 2 is 1.69 bits per heavy atom. The maximum absolute atomic E-state index is 14.4. The Kier molecular flexibility index (Phi) is 7.28. The number of fused-ring (bicyclic) bond motifs is 4. The molecule has 3 atom stereocenters. The maximum Gasteiger partial charge on any atom is 0.264 e. The zero-order chi connectivity index (χ0) is 29.8. The van der Waals surface area contributed by atoms with Crippen LogP contribution in [0.25, 0.3) is 11.3 Å². The van der Waals surface area contributed by atoms with Crippen LogP contribution < -0.4 is 9.46 Å². The van der Waals surface area contributed by atoms with Crippen LogP contribution in [0.4, 0.5) is 5.95 Å². The first-order chi connectivity index (χ1) is 19.9. The number of aryl methyl sites for hydroxylation is 2. The SMILES string of the molecule is Cc1cccc(C)c1-c1cc2nc(n1)NS(=O)(=O)c1cccc(c1)C(=O)N([C@@H]1CC[C@@H]1C1CC1)[C@H](CC(C)(C)C)CO2. The van der Waals surface area contributed by atoms with Gasteiger partial charge in [0.2, 0.25) is 11.8 Å². The number of anilines is 1. The Balaban J connectivity index is 1.50. The van der Waals surface area contributed by atoms with E-state index in [1.807, 2.05) is 36.9 Å². The molecule has 42 heavy (non-hydrogen) atoms. The van der Waals surface area contributed by atoms with Gasteiger partial charge in [0.1, 0.15) is 6.61 Å². The molecule has 1 amide bonds. The zero-order valence-electron chi connectivity index (χ0n) is 25.1. The molecule has 2 aromatic carbocycles. The number of nitrogens with one attached hydrogen (secondary N) is 1. The highest BCUT2D eigenvalue weighted by molar-refractivity contribution is 7.92. The maximum atomic E-state index is 14.4. The lowest BCUT2D eigenvalue weighted by Gasteiger charge is -2.49. The first kappa shape index (κ1) is 28.6. The van der Waals surface area contributed by atoms with E-state index < -0.39 is 10.0 Å². The molecule has 2 saturated carbocycles. The summed E-state index contributed by atoms with van der Waals surface area (Å²) in [6.45, 7) is 10.8. The van der Waals surface area contributed by atoms with Gasteiger partial charge in [0, 0.05) is 23.2 Å². The molecule has 2 aliphatic carbocycles. The minimum Gasteiger partial charge on any atom is -0.475 e. The lowest BCUT2D eigenvalue weighted by Crippen LogP contribution is -2.57. The average molecular weight is 589 g/mol. The fourth-order valence-electron chi connectivity index (χ4n) is 6.66. The molecule has 3 aromatic rings. The van der Waals surface area contributed by atoms with Crippen LogP contribution in [0.1, 0.15) is 74.4 Å². The Morgan fingerprint density at radius 3 is 2.33 bits per heavy atom. The predicted octanol–water partition coefficient (Wildman–Crippen LogP) is 6.39. The van der Waals surface area contributed by atoms with Crippen LogP contribution in [-0.2, 0) is 10.0 Å². The minimum atomic E-state index is -4.09. The van der Waals surface area contributed by atoms with E-state index in [1.54, 1.807) is 18.2 Å². The van der Waals surface area contributed by atoms with Gasteiger partial charge in [0.15, 0.2) is 0 Å². The van der Waals surface area contributed by atoms with Crippen molar-refractivity contribution < 1.29 is 17.9 Å². The molecule has 3 aliphatic rings. The molecule has 1 N–H and O–H groups in total. The van der Waals surface area contributed by atoms with Crippen molar-refractivity contribution in [3.63, 3.8) is 0 Å². The molecule has 1 aliphatic heterocycles. The summed E-state index contributed by atoms with van der Waals surface area (Å²) in [7, 11) is -4.09. The summed E-state index contributed by atoms with van der Waals surface area (Å²) in [6.07, 6.45) is 5.22. The second kappa shape index (κ2) is 10.7. The van der Waals surface area contributed by atoms with Gasteiger partial charge in [-0.3, -0.25) is 4.79 Å². The van der Waals surface area contributed by atoms with Crippen LogP contribution in [0.5, 0.6) is 5.88 Å². The predicted molar refractivity (Wildman–Crippen MR) is 163 cm³/mol. The number of hydrogen-bond acceptors (Lipinski definition) is 6. The Labute approximate surface area is 249 Å². The number of amides is 1. The molecule has 6 rings (SSSR count). The third-order valence-corrected chi connectivity index (χ3v) is 10.2. The molecule has 2 heterocycles. The van der Waals surface area contributed by atoms with Crippen molar-refractivity contribution in [2.45, 2.75) is 83.7 Å². The van der Waals surface area contributed by atoms with Gasteiger partial charge in [-0.2, -0.15) is 4.98 Å². The normalized spacial score (nSPS) is 23.9. The monoisotopic (exact) mass is 588 g/mol. The topological polar surface area (TPSA) is 101 Å². The highest BCUT2D eigenvalue weighted by atomic mass is 32.2. The molecular weight excluding hydrogens is 548 g/mol. The van der Waals surface area contributed by atoms with E-state index in [1.165, 1.54) is 25.0 Å². The fraction of sp³-hybridized carbons (Fsp3) is 0.485. The first-order valence-electron chi connectivity index (χ1n) is 14.9. The van der Waals surface area contributed by atoms with E-state index in [0.29, 0.717) is 23.1 Å². The second-order valence-corrected chi connectivity index (χ2v) is 15.1. The average Bonchev–Trinajstić information content (AvgIpc) is 3.72. The quantitative estimate of drug-likeness (QED) is 0.379. The van der Waals surface area contributed by atoms with Crippen LogP contribution >= 0.6 is 0 Å². The molecule has 1 aromatic heterocycles. The molecule has 0 unspecified atom stereocenters.